The zero-order valence-electron chi connectivity index (χ0n) is 8.56. The standard InChI is InChI=1S/C9H9ClO2/c1-6-2-8-9(12-5-11-8)3-7(6)4-10/h2-3H,4-5H2,1H3/i3D,5D. The van der Waals surface area contributed by atoms with Crippen LogP contribution in [0.3, 0.4) is 0 Å². The molecule has 12 heavy (non-hydrogen) atoms. The fourth-order valence-electron chi connectivity index (χ4n) is 1.08. The Hall–Kier alpha value is -0.890. The largest absolute Gasteiger partial charge is 0.454 e. The van der Waals surface area contributed by atoms with Crippen LogP contribution in [0, 0.1) is 6.92 Å². The molecule has 0 saturated carbocycles. The maximum Gasteiger partial charge on any atom is 0.231 e. The zero-order chi connectivity index (χ0) is 10.3. The minimum absolute atomic E-state index is 0.227. The molecule has 0 bridgehead atoms. The Kier molecular flexibility index (Phi) is 1.36. The van der Waals surface area contributed by atoms with Gasteiger partial charge in [-0.25, -0.2) is 0 Å². The van der Waals surface area contributed by atoms with Gasteiger partial charge < -0.3 is 9.47 Å². The van der Waals surface area contributed by atoms with E-state index in [1.165, 1.54) is 0 Å². The third-order valence-electron chi connectivity index (χ3n) is 1.79. The number of fused-ring (bicyclic) bond motifs is 1. The summed E-state index contributed by atoms with van der Waals surface area (Å²) in [5.74, 6) is 1.05. The van der Waals surface area contributed by atoms with Crippen LogP contribution in [0.4, 0.5) is 0 Å². The Balaban J connectivity index is 2.57. The summed E-state index contributed by atoms with van der Waals surface area (Å²) in [5, 5.41) is 0. The van der Waals surface area contributed by atoms with Crippen LogP contribution in [-0.4, -0.2) is 6.77 Å². The minimum atomic E-state index is -1.06. The Bertz CT molecular complexity index is 382. The van der Waals surface area contributed by atoms with E-state index in [2.05, 4.69) is 0 Å². The Morgan fingerprint density at radius 2 is 2.42 bits per heavy atom. The number of hydrogen-bond donors (Lipinski definition) is 0. The molecule has 1 aliphatic heterocycles. The number of hydrogen-bond acceptors (Lipinski definition) is 2. The predicted octanol–water partition coefficient (Wildman–Crippen LogP) is 2.46. The first-order valence-electron chi connectivity index (χ1n) is 4.66. The lowest BCUT2D eigenvalue weighted by molar-refractivity contribution is 0.174. The van der Waals surface area contributed by atoms with E-state index in [0.717, 1.165) is 11.1 Å². The lowest BCUT2D eigenvalue weighted by Crippen LogP contribution is -1.92. The lowest BCUT2D eigenvalue weighted by atomic mass is 10.1. The Morgan fingerprint density at radius 1 is 1.67 bits per heavy atom. The van der Waals surface area contributed by atoms with E-state index in [4.69, 9.17) is 23.8 Å². The van der Waals surface area contributed by atoms with E-state index in [0.29, 0.717) is 11.5 Å². The van der Waals surface area contributed by atoms with Gasteiger partial charge in [-0.05, 0) is 30.2 Å². The van der Waals surface area contributed by atoms with Crippen molar-refractivity contribution in [1.82, 2.24) is 0 Å². The van der Waals surface area contributed by atoms with Gasteiger partial charge in [0.25, 0.3) is 0 Å². The van der Waals surface area contributed by atoms with Crippen molar-refractivity contribution in [3.8, 4) is 11.5 Å². The molecule has 2 rings (SSSR count). The van der Waals surface area contributed by atoms with Gasteiger partial charge in [-0.2, -0.15) is 0 Å². The summed E-state index contributed by atoms with van der Waals surface area (Å²) in [6.45, 7) is 0.801. The number of ether oxygens (including phenoxy) is 2. The molecule has 1 aliphatic rings. The molecule has 1 aromatic rings. The van der Waals surface area contributed by atoms with Gasteiger partial charge in [0.1, 0.15) is 1.37 Å². The number of aryl methyl sites for hydroxylation is 1. The van der Waals surface area contributed by atoms with E-state index in [1.54, 1.807) is 6.07 Å². The molecule has 0 amide bonds. The first-order valence-corrected chi connectivity index (χ1v) is 4.11. The highest BCUT2D eigenvalue weighted by Gasteiger charge is 2.14. The monoisotopic (exact) mass is 186 g/mol. The Labute approximate surface area is 78.9 Å². The summed E-state index contributed by atoms with van der Waals surface area (Å²) in [4.78, 5) is 0. The minimum Gasteiger partial charge on any atom is -0.454 e. The van der Waals surface area contributed by atoms with Crippen molar-refractivity contribution in [1.29, 1.82) is 0 Å². The van der Waals surface area contributed by atoms with Crippen molar-refractivity contribution in [2.45, 2.75) is 12.8 Å². The molecular weight excluding hydrogens is 176 g/mol. The van der Waals surface area contributed by atoms with Crippen LogP contribution < -0.4 is 9.47 Å². The molecule has 1 heterocycles. The highest BCUT2D eigenvalue weighted by Crippen LogP contribution is 2.34. The molecule has 0 aromatic heterocycles. The highest BCUT2D eigenvalue weighted by atomic mass is 35.5. The molecule has 64 valence electrons. The van der Waals surface area contributed by atoms with Gasteiger partial charge in [-0.1, -0.05) is 0 Å². The van der Waals surface area contributed by atoms with Gasteiger partial charge in [0.05, 0.1) is 1.37 Å². The molecule has 3 heteroatoms. The van der Waals surface area contributed by atoms with E-state index >= 15 is 0 Å². The van der Waals surface area contributed by atoms with Gasteiger partial charge in [0.2, 0.25) is 6.77 Å². The molecule has 0 saturated heterocycles. The second-order valence-corrected chi connectivity index (χ2v) is 2.86. The summed E-state index contributed by atoms with van der Waals surface area (Å²) < 4.78 is 25.1. The number of benzene rings is 1. The number of alkyl halides is 1. The molecule has 0 fully saturated rings. The summed E-state index contributed by atoms with van der Waals surface area (Å²) >= 11 is 5.71. The molecule has 0 N–H and O–H groups in total. The average molecular weight is 187 g/mol. The zero-order valence-corrected chi connectivity index (χ0v) is 7.31. The predicted molar refractivity (Wildman–Crippen MR) is 46.9 cm³/mol. The van der Waals surface area contributed by atoms with Gasteiger partial charge in [-0.3, -0.25) is 0 Å². The lowest BCUT2D eigenvalue weighted by Gasteiger charge is -2.03. The van der Waals surface area contributed by atoms with Crippen LogP contribution in [0.15, 0.2) is 12.1 Å². The molecular formula is C9H9ClO2. The van der Waals surface area contributed by atoms with Crippen molar-refractivity contribution in [2.24, 2.45) is 0 Å². The smallest absolute Gasteiger partial charge is 0.231 e. The van der Waals surface area contributed by atoms with Crippen molar-refractivity contribution in [2.75, 3.05) is 6.77 Å². The third kappa shape index (κ3) is 1.12. The normalized spacial score (nSPS) is 22.0. The van der Waals surface area contributed by atoms with Crippen molar-refractivity contribution >= 4 is 11.6 Å². The van der Waals surface area contributed by atoms with E-state index in [-0.39, 0.29) is 11.9 Å². The van der Waals surface area contributed by atoms with Crippen molar-refractivity contribution < 1.29 is 12.2 Å². The second kappa shape index (κ2) is 2.87. The first kappa shape index (κ1) is 5.70. The number of halogens is 1. The van der Waals surface area contributed by atoms with E-state index in [9.17, 15) is 0 Å². The maximum absolute atomic E-state index is 7.79. The molecule has 0 aliphatic carbocycles. The molecule has 0 spiro atoms. The summed E-state index contributed by atoms with van der Waals surface area (Å²) in [5.41, 5.74) is 1.62. The van der Waals surface area contributed by atoms with Crippen LogP contribution in [-0.2, 0) is 5.88 Å². The highest BCUT2D eigenvalue weighted by molar-refractivity contribution is 6.17. The first-order chi connectivity index (χ1) is 6.63. The van der Waals surface area contributed by atoms with Gasteiger partial charge in [0.15, 0.2) is 11.5 Å². The van der Waals surface area contributed by atoms with Gasteiger partial charge in [-0.15, -0.1) is 11.6 Å². The summed E-state index contributed by atoms with van der Waals surface area (Å²) in [6, 6.07) is 1.98. The number of rotatable bonds is 1. The molecule has 2 nitrogen and oxygen atoms in total. The molecule has 1 atom stereocenters. The molecule has 1 aromatic carbocycles. The van der Waals surface area contributed by atoms with Crippen LogP contribution in [0.1, 0.15) is 13.9 Å². The summed E-state index contributed by atoms with van der Waals surface area (Å²) in [7, 11) is 0. The van der Waals surface area contributed by atoms with Crippen LogP contribution in [0.2, 0.25) is 0 Å². The average Bonchev–Trinajstić information content (AvgIpc) is 2.47. The van der Waals surface area contributed by atoms with Crippen molar-refractivity contribution in [3.63, 3.8) is 0 Å². The summed E-state index contributed by atoms with van der Waals surface area (Å²) in [6.07, 6.45) is 0. The fraction of sp³-hybridized carbons (Fsp3) is 0.333. The fourth-order valence-corrected chi connectivity index (χ4v) is 1.36. The van der Waals surface area contributed by atoms with E-state index in [1.807, 2.05) is 6.92 Å². The maximum atomic E-state index is 7.79. The topological polar surface area (TPSA) is 18.5 Å². The van der Waals surface area contributed by atoms with Crippen LogP contribution in [0.25, 0.3) is 0 Å². The van der Waals surface area contributed by atoms with Gasteiger partial charge in [0, 0.05) is 5.88 Å². The quantitative estimate of drug-likeness (QED) is 0.628. The van der Waals surface area contributed by atoms with Crippen molar-refractivity contribution in [3.05, 3.63) is 23.2 Å². The Morgan fingerprint density at radius 3 is 3.17 bits per heavy atom. The van der Waals surface area contributed by atoms with Crippen LogP contribution >= 0.6 is 11.6 Å². The SMILES string of the molecule is [2H]c1c(CCl)c(C)cc2c1OC([2H])O2. The van der Waals surface area contributed by atoms with E-state index < -0.39 is 6.77 Å². The van der Waals surface area contributed by atoms with Gasteiger partial charge >= 0.3 is 0 Å². The second-order valence-electron chi connectivity index (χ2n) is 2.59. The third-order valence-corrected chi connectivity index (χ3v) is 2.05. The van der Waals surface area contributed by atoms with Crippen LogP contribution in [0.5, 0.6) is 11.5 Å². The molecule has 1 unspecified atom stereocenters. The molecule has 0 radical (unpaired) electrons.